The summed E-state index contributed by atoms with van der Waals surface area (Å²) in [6, 6.07) is 34.4. The van der Waals surface area contributed by atoms with E-state index in [0.717, 1.165) is 33.4 Å². The summed E-state index contributed by atoms with van der Waals surface area (Å²) in [4.78, 5) is 0. The van der Waals surface area contributed by atoms with Crippen LogP contribution in [0.2, 0.25) is 0 Å². The van der Waals surface area contributed by atoms with Gasteiger partial charge in [0.25, 0.3) is 0 Å². The van der Waals surface area contributed by atoms with Gasteiger partial charge in [-0.15, -0.1) is 0 Å². The van der Waals surface area contributed by atoms with E-state index in [0.29, 0.717) is 5.75 Å². The van der Waals surface area contributed by atoms with Gasteiger partial charge in [-0.25, -0.2) is 0 Å². The maximum atomic E-state index is 10.7. The van der Waals surface area contributed by atoms with Crippen molar-refractivity contribution in [3.05, 3.63) is 103 Å². The van der Waals surface area contributed by atoms with Gasteiger partial charge in [0.05, 0.1) is 0 Å². The average Bonchev–Trinajstić information content (AvgIpc) is 2.70. The normalized spacial score (nSPS) is 10.2. The molecule has 0 saturated heterocycles. The third-order valence-electron chi connectivity index (χ3n) is 4.39. The Morgan fingerprint density at radius 3 is 1.35 bits per heavy atom. The van der Waals surface area contributed by atoms with Gasteiger partial charge in [0, 0.05) is 11.1 Å². The molecule has 0 saturated carbocycles. The number of rotatable bonds is 3. The first-order valence-electron chi connectivity index (χ1n) is 8.37. The molecule has 2 heteroatoms. The van der Waals surface area contributed by atoms with Crippen LogP contribution in [-0.2, 0) is 0 Å². The third kappa shape index (κ3) is 3.37. The van der Waals surface area contributed by atoms with Crippen molar-refractivity contribution in [2.24, 2.45) is 0 Å². The van der Waals surface area contributed by atoms with Gasteiger partial charge in [0.2, 0.25) is 0 Å². The first-order valence-corrected chi connectivity index (χ1v) is 8.37. The van der Waals surface area contributed by atoms with Crippen LogP contribution in [0.4, 0.5) is 0 Å². The zero-order valence-electron chi connectivity index (χ0n) is 14.3. The second-order valence-corrected chi connectivity index (χ2v) is 5.98. The van der Waals surface area contributed by atoms with E-state index in [-0.39, 0.29) is 13.5 Å². The van der Waals surface area contributed by atoms with Crippen molar-refractivity contribution in [1.82, 2.24) is 0 Å². The number of aromatic hydroxyl groups is 1. The van der Waals surface area contributed by atoms with E-state index in [1.165, 1.54) is 0 Å². The Kier molecular flexibility index (Phi) is 5.45. The predicted molar refractivity (Wildman–Crippen MR) is 115 cm³/mol. The van der Waals surface area contributed by atoms with Gasteiger partial charge in [-0.1, -0.05) is 97.1 Å². The zero-order chi connectivity index (χ0) is 17.1. The summed E-state index contributed by atoms with van der Waals surface area (Å²) in [5, 5.41) is 10.7. The molecule has 0 unspecified atom stereocenters. The SMILES string of the molecule is Oc1ccc(-c2ccccc2)c(-c2ccccc2)c1-c1ccccc1.S. The van der Waals surface area contributed by atoms with E-state index < -0.39 is 0 Å². The minimum absolute atomic E-state index is 0. The Bertz CT molecular complexity index is 981. The zero-order valence-corrected chi connectivity index (χ0v) is 15.3. The molecule has 0 radical (unpaired) electrons. The molecule has 0 heterocycles. The van der Waals surface area contributed by atoms with Crippen molar-refractivity contribution >= 4 is 13.5 Å². The molecule has 128 valence electrons. The summed E-state index contributed by atoms with van der Waals surface area (Å²) >= 11 is 0. The largest absolute Gasteiger partial charge is 0.507 e. The van der Waals surface area contributed by atoms with Gasteiger partial charge in [-0.2, -0.15) is 13.5 Å². The summed E-state index contributed by atoms with van der Waals surface area (Å²) in [5.41, 5.74) is 6.28. The van der Waals surface area contributed by atoms with Gasteiger partial charge in [-0.3, -0.25) is 0 Å². The molecule has 0 aliphatic rings. The van der Waals surface area contributed by atoms with E-state index in [9.17, 15) is 5.11 Å². The molecule has 0 amide bonds. The molecular formula is C24H20OS. The molecule has 4 aromatic rings. The summed E-state index contributed by atoms with van der Waals surface area (Å²) in [6.45, 7) is 0. The smallest absolute Gasteiger partial charge is 0.124 e. The first kappa shape index (κ1) is 17.8. The molecule has 0 atom stereocenters. The van der Waals surface area contributed by atoms with Crippen molar-refractivity contribution in [3.63, 3.8) is 0 Å². The summed E-state index contributed by atoms with van der Waals surface area (Å²) in [6.07, 6.45) is 0. The fourth-order valence-electron chi connectivity index (χ4n) is 3.25. The molecule has 1 nitrogen and oxygen atoms in total. The second-order valence-electron chi connectivity index (χ2n) is 5.98. The molecule has 4 rings (SSSR count). The highest BCUT2D eigenvalue weighted by atomic mass is 32.1. The van der Waals surface area contributed by atoms with E-state index in [1.54, 1.807) is 6.07 Å². The van der Waals surface area contributed by atoms with Gasteiger partial charge < -0.3 is 5.11 Å². The van der Waals surface area contributed by atoms with Crippen LogP contribution in [0.3, 0.4) is 0 Å². The van der Waals surface area contributed by atoms with Crippen molar-refractivity contribution in [3.8, 4) is 39.1 Å². The lowest BCUT2D eigenvalue weighted by molar-refractivity contribution is 0.477. The number of hydrogen-bond donors (Lipinski definition) is 1. The van der Waals surface area contributed by atoms with Gasteiger partial charge >= 0.3 is 0 Å². The monoisotopic (exact) mass is 356 g/mol. The molecule has 0 aliphatic carbocycles. The van der Waals surface area contributed by atoms with E-state index in [4.69, 9.17) is 0 Å². The third-order valence-corrected chi connectivity index (χ3v) is 4.39. The van der Waals surface area contributed by atoms with Crippen LogP contribution < -0.4 is 0 Å². The highest BCUT2D eigenvalue weighted by Gasteiger charge is 2.17. The van der Waals surface area contributed by atoms with Crippen LogP contribution in [0, 0.1) is 0 Å². The molecule has 0 fully saturated rings. The highest BCUT2D eigenvalue weighted by molar-refractivity contribution is 7.59. The Labute approximate surface area is 161 Å². The van der Waals surface area contributed by atoms with Crippen molar-refractivity contribution in [1.29, 1.82) is 0 Å². The van der Waals surface area contributed by atoms with E-state index in [1.807, 2.05) is 72.8 Å². The lowest BCUT2D eigenvalue weighted by Gasteiger charge is -2.17. The first-order chi connectivity index (χ1) is 12.3. The van der Waals surface area contributed by atoms with Crippen LogP contribution in [0.5, 0.6) is 5.75 Å². The molecule has 0 aliphatic heterocycles. The molecular weight excluding hydrogens is 336 g/mol. The Balaban J connectivity index is 0.00000196. The Morgan fingerprint density at radius 1 is 0.423 bits per heavy atom. The van der Waals surface area contributed by atoms with E-state index >= 15 is 0 Å². The average molecular weight is 356 g/mol. The van der Waals surface area contributed by atoms with Crippen molar-refractivity contribution < 1.29 is 5.11 Å². The number of hydrogen-bond acceptors (Lipinski definition) is 1. The molecule has 26 heavy (non-hydrogen) atoms. The van der Waals surface area contributed by atoms with Crippen LogP contribution >= 0.6 is 13.5 Å². The lowest BCUT2D eigenvalue weighted by atomic mass is 9.87. The minimum atomic E-state index is 0. The highest BCUT2D eigenvalue weighted by Crippen LogP contribution is 2.44. The molecule has 4 aromatic carbocycles. The molecule has 0 spiro atoms. The molecule has 0 bridgehead atoms. The van der Waals surface area contributed by atoms with Gasteiger partial charge in [-0.05, 0) is 28.3 Å². The van der Waals surface area contributed by atoms with Crippen LogP contribution in [0.1, 0.15) is 0 Å². The van der Waals surface area contributed by atoms with Gasteiger partial charge in [0.15, 0.2) is 0 Å². The van der Waals surface area contributed by atoms with Crippen molar-refractivity contribution in [2.45, 2.75) is 0 Å². The Morgan fingerprint density at radius 2 is 0.846 bits per heavy atom. The number of phenols is 1. The van der Waals surface area contributed by atoms with Crippen LogP contribution in [0.25, 0.3) is 33.4 Å². The molecule has 0 aromatic heterocycles. The Hall–Kier alpha value is -2.97. The number of benzene rings is 4. The van der Waals surface area contributed by atoms with Crippen molar-refractivity contribution in [2.75, 3.05) is 0 Å². The minimum Gasteiger partial charge on any atom is -0.507 e. The number of phenolic OH excluding ortho intramolecular Hbond substituents is 1. The molecule has 1 N–H and O–H groups in total. The van der Waals surface area contributed by atoms with Crippen LogP contribution in [-0.4, -0.2) is 5.11 Å². The topological polar surface area (TPSA) is 20.2 Å². The predicted octanol–water partition coefficient (Wildman–Crippen LogP) is 6.51. The standard InChI is InChI=1S/C24H18O.H2S/c25-22-17-16-21(18-10-4-1-5-11-18)23(19-12-6-2-7-13-19)24(22)20-14-8-3-9-15-20;/h1-17,25H;1H2. The summed E-state index contributed by atoms with van der Waals surface area (Å²) in [7, 11) is 0. The maximum Gasteiger partial charge on any atom is 0.124 e. The fourth-order valence-corrected chi connectivity index (χ4v) is 3.25. The van der Waals surface area contributed by atoms with E-state index in [2.05, 4.69) is 24.3 Å². The lowest BCUT2D eigenvalue weighted by Crippen LogP contribution is -1.91. The summed E-state index contributed by atoms with van der Waals surface area (Å²) < 4.78 is 0. The fraction of sp³-hybridized carbons (Fsp3) is 0. The van der Waals surface area contributed by atoms with Gasteiger partial charge in [0.1, 0.15) is 5.75 Å². The second kappa shape index (κ2) is 7.94. The van der Waals surface area contributed by atoms with Crippen LogP contribution in [0.15, 0.2) is 103 Å². The summed E-state index contributed by atoms with van der Waals surface area (Å²) in [5.74, 6) is 0.296. The maximum absolute atomic E-state index is 10.7. The quantitative estimate of drug-likeness (QED) is 0.444.